The molecule has 1 aliphatic rings. The van der Waals surface area contributed by atoms with Crippen LogP contribution in [0, 0.1) is 0 Å². The lowest BCUT2D eigenvalue weighted by Crippen LogP contribution is -2.48. The number of pyridine rings is 1. The largest absolute Gasteiger partial charge is 0.339 e. The van der Waals surface area contributed by atoms with Crippen molar-refractivity contribution < 1.29 is 12.9 Å². The van der Waals surface area contributed by atoms with Gasteiger partial charge in [0.05, 0.1) is 11.7 Å². The molecule has 1 fully saturated rings. The normalized spacial score (nSPS) is 15.8. The van der Waals surface area contributed by atoms with Gasteiger partial charge in [-0.3, -0.25) is 4.98 Å². The van der Waals surface area contributed by atoms with Crippen molar-refractivity contribution in [2.75, 3.05) is 13.1 Å². The summed E-state index contributed by atoms with van der Waals surface area (Å²) in [6.07, 6.45) is 3.32. The summed E-state index contributed by atoms with van der Waals surface area (Å²) in [7, 11) is -3.33. The van der Waals surface area contributed by atoms with Crippen molar-refractivity contribution in [3.8, 4) is 11.4 Å². The van der Waals surface area contributed by atoms with Crippen LogP contribution in [-0.4, -0.2) is 40.9 Å². The molecule has 3 heterocycles. The van der Waals surface area contributed by atoms with Gasteiger partial charge in [-0.25, -0.2) is 8.42 Å². The summed E-state index contributed by atoms with van der Waals surface area (Å²) >= 11 is 0. The molecule has 25 heavy (non-hydrogen) atoms. The third kappa shape index (κ3) is 3.31. The Morgan fingerprint density at radius 2 is 1.80 bits per heavy atom. The molecule has 8 heteroatoms. The molecule has 0 amide bonds. The summed E-state index contributed by atoms with van der Waals surface area (Å²) in [6, 6.07) is 12.8. The smallest absolute Gasteiger partial charge is 0.232 e. The zero-order valence-electron chi connectivity index (χ0n) is 13.3. The van der Waals surface area contributed by atoms with Crippen molar-refractivity contribution in [1.82, 2.24) is 19.4 Å². The summed E-state index contributed by atoms with van der Waals surface area (Å²) < 4.78 is 31.6. The van der Waals surface area contributed by atoms with Crippen LogP contribution in [0.15, 0.2) is 59.4 Å². The minimum atomic E-state index is -3.33. The summed E-state index contributed by atoms with van der Waals surface area (Å²) in [5.74, 6) is 0.904. The second-order valence-electron chi connectivity index (χ2n) is 5.95. The minimum Gasteiger partial charge on any atom is -0.339 e. The highest BCUT2D eigenvalue weighted by molar-refractivity contribution is 7.88. The highest BCUT2D eigenvalue weighted by Gasteiger charge is 2.39. The fourth-order valence-electron chi connectivity index (χ4n) is 2.72. The van der Waals surface area contributed by atoms with Gasteiger partial charge in [-0.05, 0) is 17.7 Å². The first-order valence-electron chi connectivity index (χ1n) is 7.87. The molecule has 0 bridgehead atoms. The van der Waals surface area contributed by atoms with E-state index < -0.39 is 10.0 Å². The first kappa shape index (κ1) is 15.9. The van der Waals surface area contributed by atoms with Crippen LogP contribution < -0.4 is 0 Å². The van der Waals surface area contributed by atoms with Crippen LogP contribution in [0.4, 0.5) is 0 Å². The second-order valence-corrected chi connectivity index (χ2v) is 7.92. The Hall–Kier alpha value is -2.58. The quantitative estimate of drug-likeness (QED) is 0.695. The average Bonchev–Trinajstić information content (AvgIpc) is 3.04. The Labute approximate surface area is 145 Å². The predicted octanol–water partition coefficient (Wildman–Crippen LogP) is 2.06. The summed E-state index contributed by atoms with van der Waals surface area (Å²) in [5, 5.41) is 3.96. The second kappa shape index (κ2) is 6.38. The van der Waals surface area contributed by atoms with Crippen molar-refractivity contribution in [2.45, 2.75) is 11.7 Å². The first-order valence-corrected chi connectivity index (χ1v) is 9.48. The van der Waals surface area contributed by atoms with E-state index in [0.717, 1.165) is 11.1 Å². The summed E-state index contributed by atoms with van der Waals surface area (Å²) in [6.45, 7) is 0.736. The summed E-state index contributed by atoms with van der Waals surface area (Å²) in [5.41, 5.74) is 1.60. The number of hydrogen-bond donors (Lipinski definition) is 0. The van der Waals surface area contributed by atoms with E-state index in [1.54, 1.807) is 24.5 Å². The van der Waals surface area contributed by atoms with Gasteiger partial charge in [0, 0.05) is 31.0 Å². The lowest BCUT2D eigenvalue weighted by molar-refractivity contribution is 0.216. The number of hydrogen-bond acceptors (Lipinski definition) is 6. The van der Waals surface area contributed by atoms with Gasteiger partial charge in [-0.1, -0.05) is 35.5 Å². The van der Waals surface area contributed by atoms with E-state index in [2.05, 4.69) is 15.1 Å². The average molecular weight is 356 g/mol. The molecule has 0 N–H and O–H groups in total. The van der Waals surface area contributed by atoms with Crippen LogP contribution >= 0.6 is 0 Å². The van der Waals surface area contributed by atoms with E-state index in [9.17, 15) is 8.42 Å². The Morgan fingerprint density at radius 3 is 2.52 bits per heavy atom. The molecule has 1 aliphatic heterocycles. The van der Waals surface area contributed by atoms with Gasteiger partial charge < -0.3 is 4.52 Å². The van der Waals surface area contributed by atoms with Crippen LogP contribution in [0.5, 0.6) is 0 Å². The van der Waals surface area contributed by atoms with Crippen LogP contribution in [0.3, 0.4) is 0 Å². The molecular weight excluding hydrogens is 340 g/mol. The van der Waals surface area contributed by atoms with E-state index in [0.29, 0.717) is 24.8 Å². The predicted molar refractivity (Wildman–Crippen MR) is 90.9 cm³/mol. The molecule has 4 rings (SSSR count). The monoisotopic (exact) mass is 356 g/mol. The maximum Gasteiger partial charge on any atom is 0.232 e. The first-order chi connectivity index (χ1) is 12.1. The SMILES string of the molecule is O=S(=O)(Cc1ccccc1)N1CC(c2nc(-c3ccncc3)no2)C1. The third-order valence-electron chi connectivity index (χ3n) is 4.16. The number of nitrogens with zero attached hydrogens (tertiary/aromatic N) is 4. The standard InChI is InChI=1S/C17H16N4O3S/c22-25(23,12-13-4-2-1-3-5-13)21-10-15(11-21)17-19-16(20-24-17)14-6-8-18-9-7-14/h1-9,15H,10-12H2. The number of rotatable bonds is 5. The van der Waals surface area contributed by atoms with E-state index in [-0.39, 0.29) is 11.7 Å². The van der Waals surface area contributed by atoms with Crippen molar-refractivity contribution >= 4 is 10.0 Å². The highest BCUT2D eigenvalue weighted by Crippen LogP contribution is 2.30. The topological polar surface area (TPSA) is 89.2 Å². The molecular formula is C17H16N4O3S. The van der Waals surface area contributed by atoms with E-state index in [4.69, 9.17) is 4.52 Å². The third-order valence-corrected chi connectivity index (χ3v) is 5.95. The van der Waals surface area contributed by atoms with Gasteiger partial charge in [-0.2, -0.15) is 9.29 Å². The summed E-state index contributed by atoms with van der Waals surface area (Å²) in [4.78, 5) is 8.33. The fourth-order valence-corrected chi connectivity index (χ4v) is 4.33. The zero-order valence-corrected chi connectivity index (χ0v) is 14.1. The Morgan fingerprint density at radius 1 is 1.08 bits per heavy atom. The number of aromatic nitrogens is 3. The van der Waals surface area contributed by atoms with E-state index in [1.807, 2.05) is 30.3 Å². The van der Waals surface area contributed by atoms with Crippen LogP contribution in [0.1, 0.15) is 17.4 Å². The maximum atomic E-state index is 12.4. The van der Waals surface area contributed by atoms with Crippen molar-refractivity contribution in [1.29, 1.82) is 0 Å². The van der Waals surface area contributed by atoms with Crippen LogP contribution in [0.2, 0.25) is 0 Å². The van der Waals surface area contributed by atoms with Crippen LogP contribution in [-0.2, 0) is 15.8 Å². The fraction of sp³-hybridized carbons (Fsp3) is 0.235. The van der Waals surface area contributed by atoms with Gasteiger partial charge >= 0.3 is 0 Å². The molecule has 0 aliphatic carbocycles. The minimum absolute atomic E-state index is 0.00661. The van der Waals surface area contributed by atoms with Gasteiger partial charge in [0.15, 0.2) is 0 Å². The lowest BCUT2D eigenvalue weighted by atomic mass is 10.0. The van der Waals surface area contributed by atoms with E-state index in [1.165, 1.54) is 4.31 Å². The van der Waals surface area contributed by atoms with E-state index >= 15 is 0 Å². The molecule has 3 aromatic rings. The Bertz CT molecular complexity index is 952. The van der Waals surface area contributed by atoms with Crippen molar-refractivity contribution in [2.24, 2.45) is 0 Å². The molecule has 0 atom stereocenters. The molecule has 0 spiro atoms. The molecule has 1 aromatic carbocycles. The number of benzene rings is 1. The molecule has 0 radical (unpaired) electrons. The molecule has 128 valence electrons. The molecule has 2 aromatic heterocycles. The Balaban J connectivity index is 1.41. The maximum absolute atomic E-state index is 12.4. The van der Waals surface area contributed by atoms with Gasteiger partial charge in [0.2, 0.25) is 21.7 Å². The van der Waals surface area contributed by atoms with Gasteiger partial charge in [-0.15, -0.1) is 0 Å². The van der Waals surface area contributed by atoms with Gasteiger partial charge in [0.25, 0.3) is 0 Å². The molecule has 0 unspecified atom stereocenters. The Kier molecular flexibility index (Phi) is 4.06. The zero-order chi connectivity index (χ0) is 17.3. The number of sulfonamides is 1. The molecule has 7 nitrogen and oxygen atoms in total. The molecule has 1 saturated heterocycles. The van der Waals surface area contributed by atoms with Crippen molar-refractivity contribution in [3.63, 3.8) is 0 Å². The van der Waals surface area contributed by atoms with Crippen LogP contribution in [0.25, 0.3) is 11.4 Å². The van der Waals surface area contributed by atoms with Crippen molar-refractivity contribution in [3.05, 3.63) is 66.3 Å². The van der Waals surface area contributed by atoms with Gasteiger partial charge in [0.1, 0.15) is 0 Å². The molecule has 0 saturated carbocycles. The highest BCUT2D eigenvalue weighted by atomic mass is 32.2. The lowest BCUT2D eigenvalue weighted by Gasteiger charge is -2.35.